The molecule has 20 heavy (non-hydrogen) atoms. The first-order valence-corrected chi connectivity index (χ1v) is 6.38. The molecular formula is C15H13N5. The number of aromatic nitrogens is 3. The lowest BCUT2D eigenvalue weighted by atomic mass is 10.2. The van der Waals surface area contributed by atoms with Gasteiger partial charge in [-0.1, -0.05) is 6.07 Å². The summed E-state index contributed by atoms with van der Waals surface area (Å²) in [6.07, 6.45) is 4.47. The van der Waals surface area contributed by atoms with Gasteiger partial charge in [0.2, 0.25) is 5.95 Å². The predicted octanol–water partition coefficient (Wildman–Crippen LogP) is 2.48. The van der Waals surface area contributed by atoms with Crippen molar-refractivity contribution in [3.8, 4) is 6.07 Å². The van der Waals surface area contributed by atoms with Crippen molar-refractivity contribution in [2.75, 3.05) is 11.9 Å². The fourth-order valence-electron chi connectivity index (χ4n) is 2.08. The third-order valence-corrected chi connectivity index (χ3v) is 3.09. The van der Waals surface area contributed by atoms with Crippen LogP contribution in [0.15, 0.2) is 42.7 Å². The molecule has 5 heteroatoms. The van der Waals surface area contributed by atoms with E-state index in [1.165, 1.54) is 5.56 Å². The summed E-state index contributed by atoms with van der Waals surface area (Å²) in [5.41, 5.74) is 3.39. The van der Waals surface area contributed by atoms with E-state index in [0.29, 0.717) is 17.0 Å². The number of imidazole rings is 1. The molecule has 0 fully saturated rings. The summed E-state index contributed by atoms with van der Waals surface area (Å²) in [5, 5.41) is 12.3. The topological polar surface area (TPSA) is 77.4 Å². The Morgan fingerprint density at radius 3 is 2.85 bits per heavy atom. The first-order valence-electron chi connectivity index (χ1n) is 6.38. The maximum atomic E-state index is 9.04. The van der Waals surface area contributed by atoms with Crippen molar-refractivity contribution in [1.29, 1.82) is 5.26 Å². The van der Waals surface area contributed by atoms with Crippen molar-refractivity contribution >= 4 is 17.0 Å². The molecule has 2 heterocycles. The minimum atomic E-state index is 0.584. The van der Waals surface area contributed by atoms with E-state index >= 15 is 0 Å². The van der Waals surface area contributed by atoms with Crippen molar-refractivity contribution < 1.29 is 0 Å². The quantitative estimate of drug-likeness (QED) is 0.758. The van der Waals surface area contributed by atoms with Gasteiger partial charge in [-0.2, -0.15) is 5.26 Å². The van der Waals surface area contributed by atoms with Crippen LogP contribution in [0.25, 0.3) is 11.0 Å². The molecule has 3 rings (SSSR count). The molecule has 0 amide bonds. The van der Waals surface area contributed by atoms with Gasteiger partial charge in [-0.25, -0.2) is 4.98 Å². The van der Waals surface area contributed by atoms with Gasteiger partial charge >= 0.3 is 0 Å². The van der Waals surface area contributed by atoms with Gasteiger partial charge < -0.3 is 10.3 Å². The number of benzene rings is 1. The number of anilines is 1. The summed E-state index contributed by atoms with van der Waals surface area (Å²) in [6, 6.07) is 11.7. The third kappa shape index (κ3) is 2.45. The van der Waals surface area contributed by atoms with Crippen molar-refractivity contribution in [2.24, 2.45) is 0 Å². The predicted molar refractivity (Wildman–Crippen MR) is 77.2 cm³/mol. The molecule has 1 aromatic carbocycles. The number of aromatic amines is 1. The molecule has 98 valence electrons. The number of rotatable bonds is 4. The number of hydrogen-bond acceptors (Lipinski definition) is 4. The molecule has 0 aliphatic rings. The highest BCUT2D eigenvalue weighted by atomic mass is 15.1. The molecule has 0 bridgehead atoms. The molecule has 5 nitrogen and oxygen atoms in total. The van der Waals surface area contributed by atoms with Crippen LogP contribution in [-0.2, 0) is 6.42 Å². The smallest absolute Gasteiger partial charge is 0.201 e. The SMILES string of the molecule is N#Cc1cccc2[nH]c(NCCc3ccncc3)nc12. The van der Waals surface area contributed by atoms with Gasteiger partial charge in [-0.15, -0.1) is 0 Å². The average Bonchev–Trinajstić information content (AvgIpc) is 2.91. The lowest BCUT2D eigenvalue weighted by Gasteiger charge is -2.02. The van der Waals surface area contributed by atoms with Gasteiger partial charge in [0.15, 0.2) is 0 Å². The van der Waals surface area contributed by atoms with Crippen molar-refractivity contribution in [3.05, 3.63) is 53.9 Å². The minimum absolute atomic E-state index is 0.584. The molecule has 0 atom stereocenters. The fourth-order valence-corrected chi connectivity index (χ4v) is 2.08. The molecule has 0 radical (unpaired) electrons. The zero-order valence-electron chi connectivity index (χ0n) is 10.8. The molecule has 2 N–H and O–H groups in total. The number of fused-ring (bicyclic) bond motifs is 1. The number of para-hydroxylation sites is 1. The third-order valence-electron chi connectivity index (χ3n) is 3.09. The van der Waals surface area contributed by atoms with Gasteiger partial charge in [-0.05, 0) is 36.2 Å². The van der Waals surface area contributed by atoms with Crippen molar-refractivity contribution in [3.63, 3.8) is 0 Å². The highest BCUT2D eigenvalue weighted by Gasteiger charge is 2.06. The standard InChI is InChI=1S/C15H13N5/c16-10-12-2-1-3-13-14(12)20-15(19-13)18-9-6-11-4-7-17-8-5-11/h1-5,7-8H,6,9H2,(H2,18,19,20). The highest BCUT2D eigenvalue weighted by Crippen LogP contribution is 2.17. The van der Waals surface area contributed by atoms with Gasteiger partial charge in [0, 0.05) is 18.9 Å². The van der Waals surface area contributed by atoms with Crippen LogP contribution in [0.2, 0.25) is 0 Å². The van der Waals surface area contributed by atoms with E-state index in [1.54, 1.807) is 18.5 Å². The van der Waals surface area contributed by atoms with E-state index in [-0.39, 0.29) is 0 Å². The molecule has 3 aromatic rings. The van der Waals surface area contributed by atoms with Crippen LogP contribution in [0.1, 0.15) is 11.1 Å². The number of pyridine rings is 1. The Labute approximate surface area is 116 Å². The van der Waals surface area contributed by atoms with Crippen LogP contribution < -0.4 is 5.32 Å². The van der Waals surface area contributed by atoms with E-state index in [0.717, 1.165) is 18.5 Å². The molecule has 2 aromatic heterocycles. The number of nitrogens with zero attached hydrogens (tertiary/aromatic N) is 3. The Morgan fingerprint density at radius 2 is 2.05 bits per heavy atom. The maximum Gasteiger partial charge on any atom is 0.201 e. The summed E-state index contributed by atoms with van der Waals surface area (Å²) in [4.78, 5) is 11.6. The van der Waals surface area contributed by atoms with Crippen molar-refractivity contribution in [2.45, 2.75) is 6.42 Å². The molecule has 0 saturated carbocycles. The van der Waals surface area contributed by atoms with Crippen LogP contribution in [-0.4, -0.2) is 21.5 Å². The van der Waals surface area contributed by atoms with Gasteiger partial charge in [-0.3, -0.25) is 4.98 Å². The maximum absolute atomic E-state index is 9.04. The fraction of sp³-hybridized carbons (Fsp3) is 0.133. The normalized spacial score (nSPS) is 10.3. The number of nitrogens with one attached hydrogen (secondary N) is 2. The Balaban J connectivity index is 1.71. The second-order valence-corrected chi connectivity index (χ2v) is 4.43. The second kappa shape index (κ2) is 5.41. The summed E-state index contributed by atoms with van der Waals surface area (Å²) in [6.45, 7) is 0.770. The Hall–Kier alpha value is -2.87. The van der Waals surface area contributed by atoms with Gasteiger partial charge in [0.05, 0.1) is 11.1 Å². The molecule has 0 spiro atoms. The van der Waals surface area contributed by atoms with E-state index in [1.807, 2.05) is 24.3 Å². The Bertz CT molecular complexity index is 755. The molecular weight excluding hydrogens is 250 g/mol. The Morgan fingerprint density at radius 1 is 1.20 bits per heavy atom. The first-order chi connectivity index (χ1) is 9.86. The highest BCUT2D eigenvalue weighted by molar-refractivity contribution is 5.83. The summed E-state index contributed by atoms with van der Waals surface area (Å²) < 4.78 is 0. The summed E-state index contributed by atoms with van der Waals surface area (Å²) in [7, 11) is 0. The average molecular weight is 263 g/mol. The van der Waals surface area contributed by atoms with Gasteiger partial charge in [0.25, 0.3) is 0 Å². The van der Waals surface area contributed by atoms with Crippen LogP contribution in [0.5, 0.6) is 0 Å². The van der Waals surface area contributed by atoms with E-state index in [9.17, 15) is 0 Å². The molecule has 0 unspecified atom stereocenters. The molecule has 0 saturated heterocycles. The molecule has 0 aliphatic heterocycles. The van der Waals surface area contributed by atoms with Crippen LogP contribution >= 0.6 is 0 Å². The van der Waals surface area contributed by atoms with Crippen LogP contribution in [0, 0.1) is 11.3 Å². The Kier molecular flexibility index (Phi) is 3.29. The monoisotopic (exact) mass is 263 g/mol. The second-order valence-electron chi connectivity index (χ2n) is 4.43. The summed E-state index contributed by atoms with van der Waals surface area (Å²) in [5.74, 6) is 0.691. The number of hydrogen-bond donors (Lipinski definition) is 2. The summed E-state index contributed by atoms with van der Waals surface area (Å²) >= 11 is 0. The van der Waals surface area contributed by atoms with Crippen LogP contribution in [0.3, 0.4) is 0 Å². The minimum Gasteiger partial charge on any atom is -0.355 e. The first kappa shape index (κ1) is 12.2. The molecule has 0 aliphatic carbocycles. The number of H-pyrrole nitrogens is 1. The van der Waals surface area contributed by atoms with Gasteiger partial charge in [0.1, 0.15) is 11.6 Å². The van der Waals surface area contributed by atoms with Crippen LogP contribution in [0.4, 0.5) is 5.95 Å². The zero-order chi connectivity index (χ0) is 13.8. The largest absolute Gasteiger partial charge is 0.355 e. The number of nitriles is 1. The van der Waals surface area contributed by atoms with E-state index in [2.05, 4.69) is 26.3 Å². The van der Waals surface area contributed by atoms with E-state index < -0.39 is 0 Å². The zero-order valence-corrected chi connectivity index (χ0v) is 10.8. The van der Waals surface area contributed by atoms with E-state index in [4.69, 9.17) is 5.26 Å². The lowest BCUT2D eigenvalue weighted by Crippen LogP contribution is -2.05. The lowest BCUT2D eigenvalue weighted by molar-refractivity contribution is 0.994. The van der Waals surface area contributed by atoms with Crippen molar-refractivity contribution in [1.82, 2.24) is 15.0 Å².